The lowest BCUT2D eigenvalue weighted by Crippen LogP contribution is -2.42. The number of rotatable bonds is 1. The second kappa shape index (κ2) is 3.14. The third kappa shape index (κ3) is 1.27. The number of nitrogens with zero attached hydrogens (tertiary/aromatic N) is 2. The van der Waals surface area contributed by atoms with Crippen molar-refractivity contribution in [2.45, 2.75) is 6.42 Å². The van der Waals surface area contributed by atoms with Gasteiger partial charge in [-0.25, -0.2) is 0 Å². The molecule has 0 unspecified atom stereocenters. The van der Waals surface area contributed by atoms with Crippen LogP contribution in [0.1, 0.15) is 16.9 Å². The first-order valence-corrected chi connectivity index (χ1v) is 5.31. The Bertz CT molecular complexity index is 308. The molecule has 0 aromatic carbocycles. The second-order valence-corrected chi connectivity index (χ2v) is 4.14. The molecule has 1 saturated heterocycles. The third-order valence-electron chi connectivity index (χ3n) is 1.87. The molecule has 64 valence electrons. The van der Waals surface area contributed by atoms with E-state index in [9.17, 15) is 4.79 Å². The van der Waals surface area contributed by atoms with Crippen LogP contribution >= 0.6 is 27.5 Å². The molecule has 3 nitrogen and oxygen atoms in total. The third-order valence-corrected chi connectivity index (χ3v) is 3.41. The number of halogens is 1. The van der Waals surface area contributed by atoms with E-state index in [1.165, 1.54) is 11.5 Å². The molecule has 1 aliphatic rings. The van der Waals surface area contributed by atoms with Crippen LogP contribution in [0.2, 0.25) is 0 Å². The Morgan fingerprint density at radius 2 is 2.42 bits per heavy atom. The van der Waals surface area contributed by atoms with Crippen molar-refractivity contribution in [2.75, 3.05) is 13.1 Å². The van der Waals surface area contributed by atoms with Gasteiger partial charge in [-0.3, -0.25) is 4.79 Å². The maximum atomic E-state index is 11.5. The summed E-state index contributed by atoms with van der Waals surface area (Å²) in [5.41, 5.74) is 0.555. The number of hydrogen-bond donors (Lipinski definition) is 0. The lowest BCUT2D eigenvalue weighted by molar-refractivity contribution is 0.0646. The molecule has 0 spiro atoms. The Labute approximate surface area is 82.7 Å². The van der Waals surface area contributed by atoms with Crippen molar-refractivity contribution in [1.82, 2.24) is 9.27 Å². The van der Waals surface area contributed by atoms with Crippen LogP contribution < -0.4 is 0 Å². The first-order chi connectivity index (χ1) is 5.79. The van der Waals surface area contributed by atoms with E-state index in [-0.39, 0.29) is 5.91 Å². The highest BCUT2D eigenvalue weighted by Crippen LogP contribution is 2.21. The molecule has 0 bridgehead atoms. The average Bonchev–Trinajstić information content (AvgIpc) is 2.31. The zero-order valence-electron chi connectivity index (χ0n) is 6.29. The fraction of sp³-hybridized carbons (Fsp3) is 0.429. The minimum Gasteiger partial charge on any atom is -0.337 e. The summed E-state index contributed by atoms with van der Waals surface area (Å²) in [7, 11) is 0. The molecule has 0 saturated carbocycles. The molecule has 0 atom stereocenters. The highest BCUT2D eigenvalue weighted by molar-refractivity contribution is 9.10. The predicted octanol–water partition coefficient (Wildman–Crippen LogP) is 1.75. The largest absolute Gasteiger partial charge is 0.337 e. The van der Waals surface area contributed by atoms with Gasteiger partial charge in [0.1, 0.15) is 0 Å². The molecule has 2 heterocycles. The first-order valence-electron chi connectivity index (χ1n) is 3.68. The van der Waals surface area contributed by atoms with E-state index < -0.39 is 0 Å². The summed E-state index contributed by atoms with van der Waals surface area (Å²) >= 11 is 4.59. The van der Waals surface area contributed by atoms with Crippen molar-refractivity contribution in [3.05, 3.63) is 15.5 Å². The predicted molar refractivity (Wildman–Crippen MR) is 50.3 cm³/mol. The van der Waals surface area contributed by atoms with Crippen LogP contribution in [-0.2, 0) is 0 Å². The van der Waals surface area contributed by atoms with Gasteiger partial charge in [-0.15, -0.1) is 0 Å². The molecule has 0 N–H and O–H groups in total. The van der Waals surface area contributed by atoms with Gasteiger partial charge in [0.15, 0.2) is 5.69 Å². The Hall–Kier alpha value is -0.420. The quantitative estimate of drug-likeness (QED) is 0.757. The highest BCUT2D eigenvalue weighted by atomic mass is 79.9. The Kier molecular flexibility index (Phi) is 2.14. The number of likely N-dealkylation sites (tertiary alicyclic amines) is 1. The van der Waals surface area contributed by atoms with Gasteiger partial charge in [0, 0.05) is 18.5 Å². The van der Waals surface area contributed by atoms with Gasteiger partial charge in [-0.05, 0) is 33.9 Å². The summed E-state index contributed by atoms with van der Waals surface area (Å²) < 4.78 is 4.83. The summed E-state index contributed by atoms with van der Waals surface area (Å²) in [5, 5.41) is 1.83. The molecule has 1 fully saturated rings. The molecule has 12 heavy (non-hydrogen) atoms. The fourth-order valence-corrected chi connectivity index (χ4v) is 2.20. The van der Waals surface area contributed by atoms with E-state index in [1.807, 2.05) is 5.38 Å². The van der Waals surface area contributed by atoms with E-state index in [2.05, 4.69) is 20.3 Å². The Morgan fingerprint density at radius 3 is 2.83 bits per heavy atom. The minimum atomic E-state index is 0.0503. The van der Waals surface area contributed by atoms with Crippen molar-refractivity contribution < 1.29 is 4.79 Å². The normalized spacial score (nSPS) is 15.9. The van der Waals surface area contributed by atoms with Crippen LogP contribution in [0.4, 0.5) is 0 Å². The van der Waals surface area contributed by atoms with Crippen molar-refractivity contribution in [3.8, 4) is 0 Å². The SMILES string of the molecule is O=C(c1nscc1Br)N1CCC1. The zero-order valence-corrected chi connectivity index (χ0v) is 8.69. The summed E-state index contributed by atoms with van der Waals surface area (Å²) in [5.74, 6) is 0.0503. The van der Waals surface area contributed by atoms with E-state index in [1.54, 1.807) is 4.90 Å². The number of carbonyl (C=O) groups excluding carboxylic acids is 1. The standard InChI is InChI=1S/C7H7BrN2OS/c8-5-4-12-9-6(5)7(11)10-2-1-3-10/h4H,1-3H2. The van der Waals surface area contributed by atoms with Crippen LogP contribution in [0.25, 0.3) is 0 Å². The average molecular weight is 247 g/mol. The first kappa shape index (κ1) is 8.19. The molecule has 0 aliphatic carbocycles. The molecule has 1 aliphatic heterocycles. The van der Waals surface area contributed by atoms with Gasteiger partial charge in [0.25, 0.3) is 5.91 Å². The smallest absolute Gasteiger partial charge is 0.274 e. The second-order valence-electron chi connectivity index (χ2n) is 2.66. The topological polar surface area (TPSA) is 33.2 Å². The number of aromatic nitrogens is 1. The molecule has 0 radical (unpaired) electrons. The molecule has 1 aromatic rings. The molecular formula is C7H7BrN2OS. The molecule has 1 amide bonds. The molecular weight excluding hydrogens is 240 g/mol. The number of amides is 1. The summed E-state index contributed by atoms with van der Waals surface area (Å²) in [6, 6.07) is 0. The van der Waals surface area contributed by atoms with E-state index in [0.29, 0.717) is 5.69 Å². The van der Waals surface area contributed by atoms with Crippen molar-refractivity contribution in [2.24, 2.45) is 0 Å². The maximum Gasteiger partial charge on any atom is 0.274 e. The Balaban J connectivity index is 2.19. The van der Waals surface area contributed by atoms with Gasteiger partial charge in [0.2, 0.25) is 0 Å². The van der Waals surface area contributed by atoms with Gasteiger partial charge in [-0.2, -0.15) is 4.37 Å². The number of hydrogen-bond acceptors (Lipinski definition) is 3. The molecule has 2 rings (SSSR count). The monoisotopic (exact) mass is 246 g/mol. The van der Waals surface area contributed by atoms with Crippen molar-refractivity contribution in [3.63, 3.8) is 0 Å². The lowest BCUT2D eigenvalue weighted by atomic mass is 10.2. The zero-order chi connectivity index (χ0) is 8.55. The van der Waals surface area contributed by atoms with Gasteiger partial charge in [-0.1, -0.05) is 0 Å². The summed E-state index contributed by atoms with van der Waals surface area (Å²) in [4.78, 5) is 13.4. The number of carbonyl (C=O) groups is 1. The van der Waals surface area contributed by atoms with Gasteiger partial charge in [0.05, 0.1) is 4.47 Å². The summed E-state index contributed by atoms with van der Waals surface area (Å²) in [6.07, 6.45) is 1.12. The molecule has 5 heteroatoms. The van der Waals surface area contributed by atoms with E-state index in [0.717, 1.165) is 24.0 Å². The van der Waals surface area contributed by atoms with E-state index >= 15 is 0 Å². The maximum absolute atomic E-state index is 11.5. The van der Waals surface area contributed by atoms with E-state index in [4.69, 9.17) is 0 Å². The van der Waals surface area contributed by atoms with Crippen LogP contribution in [0.15, 0.2) is 9.85 Å². The van der Waals surface area contributed by atoms with Crippen LogP contribution in [-0.4, -0.2) is 28.3 Å². The van der Waals surface area contributed by atoms with Crippen LogP contribution in [0.5, 0.6) is 0 Å². The molecule has 1 aromatic heterocycles. The van der Waals surface area contributed by atoms with Crippen LogP contribution in [0.3, 0.4) is 0 Å². The summed E-state index contributed by atoms with van der Waals surface area (Å²) in [6.45, 7) is 1.76. The van der Waals surface area contributed by atoms with Crippen molar-refractivity contribution >= 4 is 33.4 Å². The minimum absolute atomic E-state index is 0.0503. The lowest BCUT2D eigenvalue weighted by Gasteiger charge is -2.30. The Morgan fingerprint density at radius 1 is 1.67 bits per heavy atom. The highest BCUT2D eigenvalue weighted by Gasteiger charge is 2.24. The van der Waals surface area contributed by atoms with Gasteiger partial charge < -0.3 is 4.90 Å². The fourth-order valence-electron chi connectivity index (χ4n) is 1.04. The van der Waals surface area contributed by atoms with Crippen LogP contribution in [0, 0.1) is 0 Å². The van der Waals surface area contributed by atoms with Crippen molar-refractivity contribution in [1.29, 1.82) is 0 Å². The van der Waals surface area contributed by atoms with Gasteiger partial charge >= 0.3 is 0 Å².